The van der Waals surface area contributed by atoms with Crippen LogP contribution in [0.4, 0.5) is 4.39 Å². The molecule has 2 amide bonds. The van der Waals surface area contributed by atoms with Crippen LogP contribution in [0.5, 0.6) is 0 Å². The molecule has 166 valence electrons. The first-order valence-electron chi connectivity index (χ1n) is 10.9. The van der Waals surface area contributed by atoms with Crippen LogP contribution in [0.1, 0.15) is 49.3 Å². The van der Waals surface area contributed by atoms with Crippen LogP contribution < -0.4 is 5.32 Å². The highest BCUT2D eigenvalue weighted by atomic mass is 32.2. The molecule has 1 atom stereocenters. The van der Waals surface area contributed by atoms with Gasteiger partial charge in [0.05, 0.1) is 5.75 Å². The van der Waals surface area contributed by atoms with Crippen molar-refractivity contribution in [2.24, 2.45) is 0 Å². The molecule has 31 heavy (non-hydrogen) atoms. The lowest BCUT2D eigenvalue weighted by molar-refractivity contribution is -0.139. The normalized spacial score (nSPS) is 14.9. The smallest absolute Gasteiger partial charge is 0.242 e. The van der Waals surface area contributed by atoms with Crippen molar-refractivity contribution in [3.05, 3.63) is 71.0 Å². The first-order chi connectivity index (χ1) is 15.0. The Kier molecular flexibility index (Phi) is 8.52. The number of amides is 2. The molecule has 0 aliphatic heterocycles. The first-order valence-corrected chi connectivity index (χ1v) is 12.1. The maximum Gasteiger partial charge on any atom is 0.242 e. The fourth-order valence-corrected chi connectivity index (χ4v) is 4.87. The lowest BCUT2D eigenvalue weighted by Gasteiger charge is -2.30. The Bertz CT molecular complexity index is 899. The summed E-state index contributed by atoms with van der Waals surface area (Å²) in [5.74, 6) is 0.269. The summed E-state index contributed by atoms with van der Waals surface area (Å²) in [6, 6.07) is 14.0. The third-order valence-electron chi connectivity index (χ3n) is 5.91. The zero-order valence-corrected chi connectivity index (χ0v) is 19.1. The van der Waals surface area contributed by atoms with Gasteiger partial charge in [-0.1, -0.05) is 55.3 Å². The van der Waals surface area contributed by atoms with Crippen molar-refractivity contribution < 1.29 is 14.0 Å². The van der Waals surface area contributed by atoms with Gasteiger partial charge in [0, 0.05) is 23.9 Å². The number of thioether (sulfide) groups is 1. The number of hydrogen-bond acceptors (Lipinski definition) is 3. The SMILES string of the molecule is Cc1ccccc1CSCC(=O)N(Cc1ccccc1F)[C@H](C)C(=O)NC1CCCC1. The lowest BCUT2D eigenvalue weighted by atomic mass is 10.1. The molecule has 1 aliphatic carbocycles. The maximum atomic E-state index is 14.3. The summed E-state index contributed by atoms with van der Waals surface area (Å²) >= 11 is 1.52. The van der Waals surface area contributed by atoms with Gasteiger partial charge in [0.25, 0.3) is 0 Å². The van der Waals surface area contributed by atoms with Crippen LogP contribution in [0.2, 0.25) is 0 Å². The summed E-state index contributed by atoms with van der Waals surface area (Å²) in [6.07, 6.45) is 4.19. The molecule has 0 heterocycles. The minimum absolute atomic E-state index is 0.0791. The zero-order valence-electron chi connectivity index (χ0n) is 18.3. The van der Waals surface area contributed by atoms with E-state index in [0.29, 0.717) is 11.3 Å². The summed E-state index contributed by atoms with van der Waals surface area (Å²) in [5.41, 5.74) is 2.79. The van der Waals surface area contributed by atoms with Gasteiger partial charge in [-0.2, -0.15) is 0 Å². The Morgan fingerprint density at radius 2 is 1.74 bits per heavy atom. The van der Waals surface area contributed by atoms with Gasteiger partial charge >= 0.3 is 0 Å². The van der Waals surface area contributed by atoms with Crippen LogP contribution in [-0.2, 0) is 21.9 Å². The Morgan fingerprint density at radius 3 is 2.42 bits per heavy atom. The predicted octanol–water partition coefficient (Wildman–Crippen LogP) is 4.84. The van der Waals surface area contributed by atoms with Crippen molar-refractivity contribution in [1.82, 2.24) is 10.2 Å². The molecule has 4 nitrogen and oxygen atoms in total. The van der Waals surface area contributed by atoms with Crippen LogP contribution in [0.25, 0.3) is 0 Å². The van der Waals surface area contributed by atoms with Crippen molar-refractivity contribution in [3.63, 3.8) is 0 Å². The molecule has 0 saturated heterocycles. The molecule has 0 unspecified atom stereocenters. The number of rotatable bonds is 9. The molecular weight excluding hydrogens is 411 g/mol. The van der Waals surface area contributed by atoms with E-state index >= 15 is 0 Å². The number of carbonyl (C=O) groups excluding carboxylic acids is 2. The molecule has 0 radical (unpaired) electrons. The molecular formula is C25H31FN2O2S. The van der Waals surface area contributed by atoms with E-state index in [2.05, 4.69) is 24.4 Å². The average Bonchev–Trinajstić information content (AvgIpc) is 3.27. The molecule has 0 spiro atoms. The predicted molar refractivity (Wildman–Crippen MR) is 124 cm³/mol. The van der Waals surface area contributed by atoms with E-state index in [1.165, 1.54) is 33.9 Å². The summed E-state index contributed by atoms with van der Waals surface area (Å²) in [6.45, 7) is 3.86. The zero-order chi connectivity index (χ0) is 22.2. The highest BCUT2D eigenvalue weighted by molar-refractivity contribution is 7.99. The molecule has 1 N–H and O–H groups in total. The van der Waals surface area contributed by atoms with Crippen LogP contribution in [-0.4, -0.2) is 34.6 Å². The van der Waals surface area contributed by atoms with E-state index < -0.39 is 6.04 Å². The van der Waals surface area contributed by atoms with Gasteiger partial charge in [0.15, 0.2) is 0 Å². The van der Waals surface area contributed by atoms with Crippen LogP contribution in [0, 0.1) is 12.7 Å². The second-order valence-electron chi connectivity index (χ2n) is 8.20. The molecule has 1 fully saturated rings. The lowest BCUT2D eigenvalue weighted by Crippen LogP contribution is -2.50. The number of aryl methyl sites for hydroxylation is 1. The number of benzene rings is 2. The van der Waals surface area contributed by atoms with Gasteiger partial charge in [0.1, 0.15) is 11.9 Å². The van der Waals surface area contributed by atoms with Crippen molar-refractivity contribution in [2.45, 2.75) is 63.9 Å². The second-order valence-corrected chi connectivity index (χ2v) is 9.18. The molecule has 6 heteroatoms. The summed E-state index contributed by atoms with van der Waals surface area (Å²) in [5, 5.41) is 3.07. The third-order valence-corrected chi connectivity index (χ3v) is 6.88. The van der Waals surface area contributed by atoms with Gasteiger partial charge in [-0.3, -0.25) is 9.59 Å². The number of carbonyl (C=O) groups is 2. The van der Waals surface area contributed by atoms with Gasteiger partial charge < -0.3 is 10.2 Å². The fourth-order valence-electron chi connectivity index (χ4n) is 3.89. The molecule has 0 aromatic heterocycles. The van der Waals surface area contributed by atoms with Gasteiger partial charge in [-0.25, -0.2) is 4.39 Å². The number of halogens is 1. The molecule has 0 bridgehead atoms. The van der Waals surface area contributed by atoms with Crippen LogP contribution in [0.3, 0.4) is 0 Å². The van der Waals surface area contributed by atoms with Crippen molar-refractivity contribution >= 4 is 23.6 Å². The molecule has 2 aromatic carbocycles. The largest absolute Gasteiger partial charge is 0.352 e. The van der Waals surface area contributed by atoms with Gasteiger partial charge in [0.2, 0.25) is 11.8 Å². The summed E-state index contributed by atoms with van der Waals surface area (Å²) in [7, 11) is 0. The Labute approximate surface area is 188 Å². The Balaban J connectivity index is 1.67. The first kappa shape index (κ1) is 23.3. The number of hydrogen-bond donors (Lipinski definition) is 1. The molecule has 1 saturated carbocycles. The standard InChI is InChI=1S/C25H31FN2O2S/c1-18-9-3-4-11-21(18)16-31-17-24(29)28(15-20-10-5-8-14-23(20)26)19(2)25(30)27-22-12-6-7-13-22/h3-5,8-11,14,19,22H,6-7,12-13,15-17H2,1-2H3,(H,27,30)/t19-/m1/s1. The van der Waals surface area contributed by atoms with Crippen molar-refractivity contribution in [3.8, 4) is 0 Å². The van der Waals surface area contributed by atoms with E-state index in [1.54, 1.807) is 25.1 Å². The monoisotopic (exact) mass is 442 g/mol. The summed E-state index contributed by atoms with van der Waals surface area (Å²) in [4.78, 5) is 27.5. The second kappa shape index (κ2) is 11.3. The highest BCUT2D eigenvalue weighted by Gasteiger charge is 2.28. The summed E-state index contributed by atoms with van der Waals surface area (Å²) < 4.78 is 14.3. The topological polar surface area (TPSA) is 49.4 Å². The van der Waals surface area contributed by atoms with Crippen molar-refractivity contribution in [1.29, 1.82) is 0 Å². The van der Waals surface area contributed by atoms with E-state index in [0.717, 1.165) is 25.7 Å². The molecule has 2 aromatic rings. The maximum absolute atomic E-state index is 14.3. The quantitative estimate of drug-likeness (QED) is 0.604. The highest BCUT2D eigenvalue weighted by Crippen LogP contribution is 2.20. The molecule has 1 aliphatic rings. The van der Waals surface area contributed by atoms with Crippen LogP contribution in [0.15, 0.2) is 48.5 Å². The van der Waals surface area contributed by atoms with E-state index in [4.69, 9.17) is 0 Å². The van der Waals surface area contributed by atoms with Gasteiger partial charge in [-0.15, -0.1) is 11.8 Å². The number of nitrogens with one attached hydrogen (secondary N) is 1. The minimum Gasteiger partial charge on any atom is -0.352 e. The Morgan fingerprint density at radius 1 is 1.10 bits per heavy atom. The molecule has 3 rings (SSSR count). The average molecular weight is 443 g/mol. The van der Waals surface area contributed by atoms with E-state index in [1.807, 2.05) is 12.1 Å². The van der Waals surface area contributed by atoms with Crippen LogP contribution >= 0.6 is 11.8 Å². The fraction of sp³-hybridized carbons (Fsp3) is 0.440. The number of nitrogens with zero attached hydrogens (tertiary/aromatic N) is 1. The third kappa shape index (κ3) is 6.57. The van der Waals surface area contributed by atoms with E-state index in [9.17, 15) is 14.0 Å². The van der Waals surface area contributed by atoms with E-state index in [-0.39, 0.29) is 36.0 Å². The van der Waals surface area contributed by atoms with Gasteiger partial charge in [-0.05, 0) is 43.9 Å². The Hall–Kier alpha value is -2.34. The van der Waals surface area contributed by atoms with Crippen molar-refractivity contribution in [2.75, 3.05) is 5.75 Å². The minimum atomic E-state index is -0.660.